The zero-order valence-electron chi connectivity index (χ0n) is 10.9. The van der Waals surface area contributed by atoms with Gasteiger partial charge >= 0.3 is 0 Å². The van der Waals surface area contributed by atoms with Crippen LogP contribution >= 0.6 is 0 Å². The molecule has 0 amide bonds. The Morgan fingerprint density at radius 1 is 1.31 bits per heavy atom. The molecule has 1 aliphatic rings. The van der Waals surface area contributed by atoms with Crippen molar-refractivity contribution in [2.75, 3.05) is 6.54 Å². The maximum atomic E-state index is 9.43. The first-order chi connectivity index (χ1) is 7.21. The van der Waals surface area contributed by atoms with Crippen molar-refractivity contribution in [2.45, 2.75) is 45.3 Å². The zero-order valence-corrected chi connectivity index (χ0v) is 12.4. The van der Waals surface area contributed by atoms with Gasteiger partial charge in [-0.05, 0) is 30.5 Å². The summed E-state index contributed by atoms with van der Waals surface area (Å²) in [7, 11) is -0.582. The van der Waals surface area contributed by atoms with E-state index in [9.17, 15) is 5.21 Å². The van der Waals surface area contributed by atoms with Crippen LogP contribution in [0.5, 0.6) is 0 Å². The summed E-state index contributed by atoms with van der Waals surface area (Å²) in [5.41, 5.74) is 0.847. The lowest BCUT2D eigenvalue weighted by Gasteiger charge is -2.34. The Bertz CT molecular complexity index is 303. The molecule has 1 rings (SSSR count). The Morgan fingerprint density at radius 3 is 2.44 bits per heavy atom. The van der Waals surface area contributed by atoms with Crippen LogP contribution in [-0.2, 0) is 4.43 Å². The number of nitrogens with zero attached hydrogens (tertiary/aromatic N) is 1. The number of rotatable bonds is 3. The minimum absolute atomic E-state index is 0.273. The van der Waals surface area contributed by atoms with Gasteiger partial charge in [0.25, 0.3) is 0 Å². The molecule has 16 heavy (non-hydrogen) atoms. The molecule has 0 saturated carbocycles. The topological polar surface area (TPSA) is 32.7 Å². The maximum Gasteiger partial charge on any atom is 0.168 e. The summed E-state index contributed by atoms with van der Waals surface area (Å²) < 4.78 is 6.08. The molecule has 1 aliphatic heterocycles. The number of allylic oxidation sites excluding steroid dienone is 2. The van der Waals surface area contributed by atoms with Crippen LogP contribution in [0.1, 0.15) is 34.6 Å². The third kappa shape index (κ3) is 4.12. The van der Waals surface area contributed by atoms with Gasteiger partial charge in [-0.3, -0.25) is 10.3 Å². The van der Waals surface area contributed by atoms with Gasteiger partial charge < -0.3 is 4.43 Å². The van der Waals surface area contributed by atoms with E-state index in [1.807, 2.05) is 12.2 Å². The van der Waals surface area contributed by atoms with Crippen LogP contribution < -0.4 is 0 Å². The molecule has 0 saturated heterocycles. The summed E-state index contributed by atoms with van der Waals surface area (Å²) in [5, 5.41) is 10.9. The molecule has 1 heterocycles. The van der Waals surface area contributed by atoms with Gasteiger partial charge in [0, 0.05) is 6.20 Å². The molecular formula is C12H23NO2Si. The molecule has 0 aromatic rings. The van der Waals surface area contributed by atoms with Gasteiger partial charge in [-0.25, -0.2) is 0 Å². The highest BCUT2D eigenvalue weighted by atomic mass is 28.2. The average Bonchev–Trinajstić information content (AvgIpc) is 2.14. The van der Waals surface area contributed by atoms with Crippen LogP contribution in [0.3, 0.4) is 0 Å². The molecule has 0 atom stereocenters. The Hall–Kier alpha value is -0.583. The normalized spacial score (nSPS) is 18.4. The number of hydroxylamine groups is 2. The average molecular weight is 241 g/mol. The fraction of sp³-hybridized carbons (Fsp3) is 0.667. The van der Waals surface area contributed by atoms with Crippen molar-refractivity contribution in [3.05, 3.63) is 23.9 Å². The number of hydrogen-bond acceptors (Lipinski definition) is 3. The van der Waals surface area contributed by atoms with Crippen LogP contribution in [0, 0.1) is 0 Å². The van der Waals surface area contributed by atoms with E-state index in [2.05, 4.69) is 34.6 Å². The van der Waals surface area contributed by atoms with E-state index in [0.29, 0.717) is 11.6 Å². The van der Waals surface area contributed by atoms with Gasteiger partial charge in [-0.15, -0.1) is 0 Å². The van der Waals surface area contributed by atoms with E-state index < -0.39 is 9.76 Å². The van der Waals surface area contributed by atoms with Gasteiger partial charge in [0.05, 0.1) is 12.1 Å². The van der Waals surface area contributed by atoms with Gasteiger partial charge in [-0.1, -0.05) is 26.8 Å². The summed E-state index contributed by atoms with van der Waals surface area (Å²) in [6.07, 6.45) is 5.53. The first-order valence-corrected chi connectivity index (χ1v) is 6.96. The van der Waals surface area contributed by atoms with Gasteiger partial charge in [-0.2, -0.15) is 0 Å². The number of hydrogen-bond donors (Lipinski definition) is 1. The molecule has 0 aromatic carbocycles. The quantitative estimate of drug-likeness (QED) is 0.769. The third-order valence-corrected chi connectivity index (χ3v) is 4.26. The van der Waals surface area contributed by atoms with E-state index in [0.717, 1.165) is 5.57 Å². The monoisotopic (exact) mass is 241 g/mol. The molecule has 0 bridgehead atoms. The Balaban J connectivity index is 2.63. The van der Waals surface area contributed by atoms with Gasteiger partial charge in [0.15, 0.2) is 9.76 Å². The van der Waals surface area contributed by atoms with Crippen molar-refractivity contribution in [1.82, 2.24) is 5.06 Å². The smallest absolute Gasteiger partial charge is 0.168 e. The summed E-state index contributed by atoms with van der Waals surface area (Å²) in [6, 6.07) is 0. The van der Waals surface area contributed by atoms with Crippen molar-refractivity contribution in [1.29, 1.82) is 0 Å². The lowest BCUT2D eigenvalue weighted by Crippen LogP contribution is -2.36. The molecule has 4 heteroatoms. The molecule has 3 nitrogen and oxygen atoms in total. The van der Waals surface area contributed by atoms with E-state index in [4.69, 9.17) is 4.43 Å². The molecule has 0 fully saturated rings. The van der Waals surface area contributed by atoms with Crippen LogP contribution in [0.2, 0.25) is 5.04 Å². The minimum atomic E-state index is -0.582. The van der Waals surface area contributed by atoms with Crippen molar-refractivity contribution in [3.63, 3.8) is 0 Å². The Morgan fingerprint density at radius 2 is 1.94 bits per heavy atom. The molecule has 0 spiro atoms. The highest BCUT2D eigenvalue weighted by Crippen LogP contribution is 2.28. The van der Waals surface area contributed by atoms with Crippen molar-refractivity contribution < 1.29 is 9.63 Å². The zero-order chi connectivity index (χ0) is 12.4. The second kappa shape index (κ2) is 4.73. The van der Waals surface area contributed by atoms with Crippen molar-refractivity contribution in [2.24, 2.45) is 0 Å². The summed E-state index contributed by atoms with van der Waals surface area (Å²) in [6.45, 7) is 11.3. The van der Waals surface area contributed by atoms with Crippen molar-refractivity contribution >= 4 is 9.76 Å². The maximum absolute atomic E-state index is 9.43. The molecular weight excluding hydrogens is 218 g/mol. The largest absolute Gasteiger partial charge is 0.415 e. The molecule has 0 radical (unpaired) electrons. The van der Waals surface area contributed by atoms with Crippen LogP contribution in [-0.4, -0.2) is 32.2 Å². The Labute approximate surface area is 101 Å². The van der Waals surface area contributed by atoms with E-state index in [1.54, 1.807) is 6.20 Å². The lowest BCUT2D eigenvalue weighted by atomic mass is 9.96. The highest BCUT2D eigenvalue weighted by molar-refractivity contribution is 6.31. The molecule has 1 N–H and O–H groups in total. The highest BCUT2D eigenvalue weighted by Gasteiger charge is 2.27. The molecule has 92 valence electrons. The van der Waals surface area contributed by atoms with E-state index >= 15 is 0 Å². The minimum Gasteiger partial charge on any atom is -0.415 e. The van der Waals surface area contributed by atoms with Crippen LogP contribution in [0.4, 0.5) is 0 Å². The lowest BCUT2D eigenvalue weighted by molar-refractivity contribution is -0.0399. The first kappa shape index (κ1) is 13.5. The fourth-order valence-electron chi connectivity index (χ4n) is 1.42. The van der Waals surface area contributed by atoms with E-state index in [1.165, 1.54) is 5.06 Å². The third-order valence-electron chi connectivity index (χ3n) is 2.53. The predicted octanol–water partition coefficient (Wildman–Crippen LogP) is 2.23. The second-order valence-corrected chi connectivity index (χ2v) is 8.69. The Kier molecular flexibility index (Phi) is 3.99. The van der Waals surface area contributed by atoms with Gasteiger partial charge in [0.1, 0.15) is 0 Å². The fourth-order valence-corrected chi connectivity index (χ4v) is 2.40. The summed E-state index contributed by atoms with van der Waals surface area (Å²) >= 11 is 0. The first-order valence-electron chi connectivity index (χ1n) is 5.68. The van der Waals surface area contributed by atoms with Crippen LogP contribution in [0.25, 0.3) is 0 Å². The van der Waals surface area contributed by atoms with E-state index in [-0.39, 0.29) is 5.60 Å². The molecule has 0 aliphatic carbocycles. The van der Waals surface area contributed by atoms with Crippen molar-refractivity contribution in [3.8, 4) is 0 Å². The van der Waals surface area contributed by atoms with Crippen LogP contribution in [0.15, 0.2) is 23.9 Å². The van der Waals surface area contributed by atoms with Gasteiger partial charge in [0.2, 0.25) is 0 Å². The SMILES string of the molecule is CC(C)(C)[SiH2]OC(C)(C)C1=CC=CN(O)C1. The summed E-state index contributed by atoms with van der Waals surface area (Å²) in [4.78, 5) is 0. The standard InChI is InChI=1S/C12H23NO2Si/c1-11(2,3)16-15-12(4,5)10-7-6-8-13(14)9-10/h6-8,14H,9,16H2,1-5H3. The predicted molar refractivity (Wildman–Crippen MR) is 69.1 cm³/mol. The molecule has 0 aromatic heterocycles. The second-order valence-electron chi connectivity index (χ2n) is 5.99. The molecule has 0 unspecified atom stereocenters. The summed E-state index contributed by atoms with van der Waals surface area (Å²) in [5.74, 6) is 0.